The summed E-state index contributed by atoms with van der Waals surface area (Å²) in [7, 11) is 0. The van der Waals surface area contributed by atoms with E-state index in [9.17, 15) is 9.90 Å². The van der Waals surface area contributed by atoms with Gasteiger partial charge >= 0.3 is 5.97 Å². The highest BCUT2D eigenvalue weighted by atomic mass is 16.4. The van der Waals surface area contributed by atoms with Gasteiger partial charge in [-0.25, -0.2) is 0 Å². The quantitative estimate of drug-likeness (QED) is 0.866. The smallest absolute Gasteiger partial charge is 0.313 e. The SMILES string of the molecule is CC(C)(C(=O)O)c1ccc(C(O)C(C)(C)C)cc1. The number of aliphatic hydroxyl groups excluding tert-OH is 1. The van der Waals surface area contributed by atoms with E-state index in [1.807, 2.05) is 20.8 Å². The van der Waals surface area contributed by atoms with Crippen LogP contribution < -0.4 is 0 Å². The van der Waals surface area contributed by atoms with Crippen LogP contribution in [-0.4, -0.2) is 16.2 Å². The first kappa shape index (κ1) is 14.7. The molecule has 0 heterocycles. The minimum absolute atomic E-state index is 0.232. The number of rotatable bonds is 3. The van der Waals surface area contributed by atoms with Crippen molar-refractivity contribution in [2.45, 2.75) is 46.1 Å². The summed E-state index contributed by atoms with van der Waals surface area (Å²) in [5.74, 6) is -0.855. The molecule has 0 aliphatic carbocycles. The predicted molar refractivity (Wildman–Crippen MR) is 71.5 cm³/mol. The summed E-state index contributed by atoms with van der Waals surface area (Å²) in [6.07, 6.45) is -0.556. The van der Waals surface area contributed by atoms with Crippen LogP contribution >= 0.6 is 0 Å². The number of carboxylic acid groups (broad SMARTS) is 1. The van der Waals surface area contributed by atoms with E-state index < -0.39 is 17.5 Å². The van der Waals surface area contributed by atoms with E-state index in [1.54, 1.807) is 38.1 Å². The Balaban J connectivity index is 3.04. The van der Waals surface area contributed by atoms with Crippen molar-refractivity contribution in [1.29, 1.82) is 0 Å². The third-order valence-corrected chi connectivity index (χ3v) is 3.30. The molecule has 0 aliphatic heterocycles. The molecule has 0 saturated heterocycles. The summed E-state index contributed by atoms with van der Waals surface area (Å²) in [6.45, 7) is 9.24. The minimum Gasteiger partial charge on any atom is -0.481 e. The number of aliphatic hydroxyl groups is 1. The van der Waals surface area contributed by atoms with Crippen molar-refractivity contribution in [1.82, 2.24) is 0 Å². The van der Waals surface area contributed by atoms with Gasteiger partial charge in [-0.05, 0) is 30.4 Å². The molecule has 0 radical (unpaired) electrons. The summed E-state index contributed by atoms with van der Waals surface area (Å²) >= 11 is 0. The largest absolute Gasteiger partial charge is 0.481 e. The summed E-state index contributed by atoms with van der Waals surface area (Å²) in [6, 6.07) is 7.16. The van der Waals surface area contributed by atoms with Crippen LogP contribution in [0.2, 0.25) is 0 Å². The highest BCUT2D eigenvalue weighted by Crippen LogP contribution is 2.33. The van der Waals surface area contributed by atoms with Crippen molar-refractivity contribution < 1.29 is 15.0 Å². The van der Waals surface area contributed by atoms with Gasteiger partial charge in [0.25, 0.3) is 0 Å². The van der Waals surface area contributed by atoms with Crippen LogP contribution in [0, 0.1) is 5.41 Å². The van der Waals surface area contributed by atoms with Crippen LogP contribution in [0.3, 0.4) is 0 Å². The van der Waals surface area contributed by atoms with Gasteiger partial charge in [0.2, 0.25) is 0 Å². The van der Waals surface area contributed by atoms with Crippen molar-refractivity contribution in [3.63, 3.8) is 0 Å². The summed E-state index contributed by atoms with van der Waals surface area (Å²) < 4.78 is 0. The average Bonchev–Trinajstić information content (AvgIpc) is 2.26. The highest BCUT2D eigenvalue weighted by molar-refractivity contribution is 5.80. The molecule has 1 unspecified atom stereocenters. The molecule has 18 heavy (non-hydrogen) atoms. The zero-order chi connectivity index (χ0) is 14.1. The standard InChI is InChI=1S/C15H22O3/c1-14(2,3)12(16)10-6-8-11(9-7-10)15(4,5)13(17)18/h6-9,12,16H,1-5H3,(H,17,18). The number of carbonyl (C=O) groups is 1. The molecule has 0 saturated carbocycles. The Morgan fingerprint density at radius 1 is 1.06 bits per heavy atom. The van der Waals surface area contributed by atoms with Gasteiger partial charge < -0.3 is 10.2 Å². The molecule has 1 aromatic rings. The third kappa shape index (κ3) is 2.91. The third-order valence-electron chi connectivity index (χ3n) is 3.30. The van der Waals surface area contributed by atoms with E-state index in [-0.39, 0.29) is 5.41 Å². The number of hydrogen-bond donors (Lipinski definition) is 2. The van der Waals surface area contributed by atoms with Crippen molar-refractivity contribution in [2.24, 2.45) is 5.41 Å². The Labute approximate surface area is 108 Å². The fourth-order valence-electron chi connectivity index (χ4n) is 1.71. The summed E-state index contributed by atoms with van der Waals surface area (Å²) in [5, 5.41) is 19.3. The molecule has 0 amide bonds. The Hall–Kier alpha value is -1.35. The van der Waals surface area contributed by atoms with Crippen LogP contribution in [0.4, 0.5) is 0 Å². The lowest BCUT2D eigenvalue weighted by atomic mass is 9.81. The van der Waals surface area contributed by atoms with Gasteiger partial charge in [-0.2, -0.15) is 0 Å². The zero-order valence-electron chi connectivity index (χ0n) is 11.7. The lowest BCUT2D eigenvalue weighted by Crippen LogP contribution is -2.28. The monoisotopic (exact) mass is 250 g/mol. The lowest BCUT2D eigenvalue weighted by Gasteiger charge is -2.27. The lowest BCUT2D eigenvalue weighted by molar-refractivity contribution is -0.142. The number of benzene rings is 1. The molecule has 1 rings (SSSR count). The second kappa shape index (κ2) is 4.73. The molecule has 3 nitrogen and oxygen atoms in total. The van der Waals surface area contributed by atoms with E-state index in [0.29, 0.717) is 0 Å². The van der Waals surface area contributed by atoms with Crippen molar-refractivity contribution in [3.8, 4) is 0 Å². The predicted octanol–water partition coefficient (Wildman–Crippen LogP) is 3.13. The van der Waals surface area contributed by atoms with Gasteiger partial charge in [-0.1, -0.05) is 45.0 Å². The molecular formula is C15H22O3. The van der Waals surface area contributed by atoms with Crippen molar-refractivity contribution in [2.75, 3.05) is 0 Å². The average molecular weight is 250 g/mol. The van der Waals surface area contributed by atoms with Gasteiger partial charge in [-0.15, -0.1) is 0 Å². The first-order chi connectivity index (χ1) is 8.06. The topological polar surface area (TPSA) is 57.5 Å². The molecule has 100 valence electrons. The van der Waals surface area contributed by atoms with Crippen LogP contribution in [-0.2, 0) is 10.2 Å². The number of aliphatic carboxylic acids is 1. The molecule has 0 spiro atoms. The summed E-state index contributed by atoms with van der Waals surface area (Å²) in [4.78, 5) is 11.2. The molecule has 0 fully saturated rings. The van der Waals surface area contributed by atoms with Gasteiger partial charge in [0.1, 0.15) is 0 Å². The van der Waals surface area contributed by atoms with Crippen molar-refractivity contribution >= 4 is 5.97 Å². The molecule has 0 aliphatic rings. The summed E-state index contributed by atoms with van der Waals surface area (Å²) in [5.41, 5.74) is 0.405. The molecule has 1 aromatic carbocycles. The molecular weight excluding hydrogens is 228 g/mol. The Morgan fingerprint density at radius 2 is 1.50 bits per heavy atom. The minimum atomic E-state index is -0.911. The maximum atomic E-state index is 11.2. The second-order valence-electron chi connectivity index (χ2n) is 6.32. The van der Waals surface area contributed by atoms with Gasteiger partial charge in [-0.3, -0.25) is 4.79 Å². The van der Waals surface area contributed by atoms with Crippen LogP contribution in [0.25, 0.3) is 0 Å². The molecule has 1 atom stereocenters. The van der Waals surface area contributed by atoms with Gasteiger partial charge in [0.05, 0.1) is 11.5 Å². The van der Waals surface area contributed by atoms with E-state index in [1.165, 1.54) is 0 Å². The Bertz CT molecular complexity index is 424. The fourth-order valence-corrected chi connectivity index (χ4v) is 1.71. The second-order valence-corrected chi connectivity index (χ2v) is 6.32. The van der Waals surface area contributed by atoms with Crippen molar-refractivity contribution in [3.05, 3.63) is 35.4 Å². The van der Waals surface area contributed by atoms with E-state index in [2.05, 4.69) is 0 Å². The zero-order valence-corrected chi connectivity index (χ0v) is 11.7. The Kier molecular flexibility index (Phi) is 3.86. The molecule has 2 N–H and O–H groups in total. The van der Waals surface area contributed by atoms with Gasteiger partial charge in [0.15, 0.2) is 0 Å². The van der Waals surface area contributed by atoms with E-state index in [0.717, 1.165) is 11.1 Å². The van der Waals surface area contributed by atoms with Crippen LogP contribution in [0.5, 0.6) is 0 Å². The van der Waals surface area contributed by atoms with Crippen LogP contribution in [0.1, 0.15) is 51.8 Å². The van der Waals surface area contributed by atoms with Gasteiger partial charge in [0, 0.05) is 0 Å². The number of carboxylic acids is 1. The molecule has 0 bridgehead atoms. The van der Waals surface area contributed by atoms with E-state index >= 15 is 0 Å². The number of hydrogen-bond acceptors (Lipinski definition) is 2. The maximum Gasteiger partial charge on any atom is 0.313 e. The normalized spacial score (nSPS) is 14.3. The molecule has 0 aromatic heterocycles. The highest BCUT2D eigenvalue weighted by Gasteiger charge is 2.30. The maximum absolute atomic E-state index is 11.2. The molecule has 3 heteroatoms. The van der Waals surface area contributed by atoms with Crippen LogP contribution in [0.15, 0.2) is 24.3 Å². The first-order valence-electron chi connectivity index (χ1n) is 6.08. The first-order valence-corrected chi connectivity index (χ1v) is 6.08. The van der Waals surface area contributed by atoms with E-state index in [4.69, 9.17) is 5.11 Å². The fraction of sp³-hybridized carbons (Fsp3) is 0.533. The Morgan fingerprint density at radius 3 is 1.83 bits per heavy atom.